The highest BCUT2D eigenvalue weighted by Crippen LogP contribution is 2.30. The smallest absolute Gasteiger partial charge is 0.161 e. The minimum absolute atomic E-state index is 0.616. The second kappa shape index (κ2) is 8.16. The first-order valence-corrected chi connectivity index (χ1v) is 7.88. The molecular formula is C17H19Cl2NO2. The van der Waals surface area contributed by atoms with E-state index in [1.165, 1.54) is 0 Å². The van der Waals surface area contributed by atoms with E-state index in [1.807, 2.05) is 18.2 Å². The summed E-state index contributed by atoms with van der Waals surface area (Å²) in [4.78, 5) is 0. The molecule has 22 heavy (non-hydrogen) atoms. The molecule has 0 unspecified atom stereocenters. The summed E-state index contributed by atoms with van der Waals surface area (Å²) in [6.45, 7) is 3.36. The molecule has 0 aromatic heterocycles. The molecule has 0 saturated heterocycles. The second-order valence-corrected chi connectivity index (χ2v) is 5.66. The van der Waals surface area contributed by atoms with Gasteiger partial charge >= 0.3 is 0 Å². The Morgan fingerprint density at radius 1 is 1.05 bits per heavy atom. The number of methoxy groups -OCH3 is 1. The Kier molecular flexibility index (Phi) is 6.22. The molecule has 0 saturated carbocycles. The number of nitrogens with one attached hydrogen (secondary N) is 1. The quantitative estimate of drug-likeness (QED) is 0.732. The van der Waals surface area contributed by atoms with Crippen LogP contribution in [-0.2, 0) is 6.54 Å². The number of ether oxygens (including phenoxy) is 2. The molecule has 3 nitrogen and oxygen atoms in total. The van der Waals surface area contributed by atoms with Crippen LogP contribution in [0.2, 0.25) is 10.0 Å². The molecule has 0 aliphatic heterocycles. The summed E-state index contributed by atoms with van der Waals surface area (Å²) in [5.74, 6) is 1.49. The van der Waals surface area contributed by atoms with Gasteiger partial charge in [0.2, 0.25) is 0 Å². The highest BCUT2D eigenvalue weighted by Gasteiger charge is 2.07. The van der Waals surface area contributed by atoms with Gasteiger partial charge in [-0.25, -0.2) is 0 Å². The highest BCUT2D eigenvalue weighted by molar-refractivity contribution is 6.35. The van der Waals surface area contributed by atoms with Gasteiger partial charge in [0.15, 0.2) is 11.5 Å². The van der Waals surface area contributed by atoms with Crippen molar-refractivity contribution in [3.8, 4) is 11.5 Å². The van der Waals surface area contributed by atoms with Crippen molar-refractivity contribution in [2.45, 2.75) is 19.9 Å². The molecule has 2 rings (SSSR count). The van der Waals surface area contributed by atoms with Gasteiger partial charge in [-0.2, -0.15) is 0 Å². The van der Waals surface area contributed by atoms with Gasteiger partial charge in [-0.1, -0.05) is 36.2 Å². The van der Waals surface area contributed by atoms with Gasteiger partial charge in [0, 0.05) is 11.6 Å². The van der Waals surface area contributed by atoms with Crippen LogP contribution in [0.4, 0.5) is 5.69 Å². The maximum absolute atomic E-state index is 6.14. The van der Waals surface area contributed by atoms with Crippen LogP contribution in [0.5, 0.6) is 11.5 Å². The van der Waals surface area contributed by atoms with Crippen LogP contribution in [-0.4, -0.2) is 13.7 Å². The van der Waals surface area contributed by atoms with Crippen LogP contribution in [0, 0.1) is 0 Å². The maximum atomic E-state index is 6.14. The first-order valence-electron chi connectivity index (χ1n) is 7.12. The lowest BCUT2D eigenvalue weighted by Crippen LogP contribution is -2.02. The number of hydrogen-bond donors (Lipinski definition) is 1. The SMILES string of the molecule is CCCOc1ccc(CNc2cc(Cl)ccc2Cl)cc1OC. The first-order chi connectivity index (χ1) is 10.6. The Bertz CT molecular complexity index is 632. The van der Waals surface area contributed by atoms with Crippen molar-refractivity contribution in [2.75, 3.05) is 19.0 Å². The number of anilines is 1. The Morgan fingerprint density at radius 3 is 2.59 bits per heavy atom. The number of benzene rings is 2. The highest BCUT2D eigenvalue weighted by atomic mass is 35.5. The summed E-state index contributed by atoms with van der Waals surface area (Å²) in [7, 11) is 1.64. The van der Waals surface area contributed by atoms with Crippen molar-refractivity contribution in [1.82, 2.24) is 0 Å². The first kappa shape index (κ1) is 16.8. The summed E-state index contributed by atoms with van der Waals surface area (Å²) in [6.07, 6.45) is 0.958. The Labute approximate surface area is 141 Å². The van der Waals surface area contributed by atoms with E-state index in [0.717, 1.165) is 29.2 Å². The lowest BCUT2D eigenvalue weighted by molar-refractivity contribution is 0.294. The van der Waals surface area contributed by atoms with Crippen molar-refractivity contribution in [3.63, 3.8) is 0 Å². The summed E-state index contributed by atoms with van der Waals surface area (Å²) >= 11 is 12.1. The maximum Gasteiger partial charge on any atom is 0.161 e. The third-order valence-electron chi connectivity index (χ3n) is 3.10. The molecule has 0 fully saturated rings. The van der Waals surface area contributed by atoms with Crippen molar-refractivity contribution < 1.29 is 9.47 Å². The molecule has 1 N–H and O–H groups in total. The lowest BCUT2D eigenvalue weighted by Gasteiger charge is -2.13. The predicted molar refractivity (Wildman–Crippen MR) is 92.6 cm³/mol. The summed E-state index contributed by atoms with van der Waals surface area (Å²) < 4.78 is 11.0. The fourth-order valence-corrected chi connectivity index (χ4v) is 2.34. The summed E-state index contributed by atoms with van der Waals surface area (Å²) in [6, 6.07) is 11.2. The molecule has 2 aromatic rings. The molecule has 5 heteroatoms. The Hall–Kier alpha value is -1.58. The summed E-state index contributed by atoms with van der Waals surface area (Å²) in [5.41, 5.74) is 1.87. The minimum atomic E-state index is 0.616. The molecule has 0 bridgehead atoms. The number of hydrogen-bond acceptors (Lipinski definition) is 3. The van der Waals surface area contributed by atoms with E-state index < -0.39 is 0 Å². The topological polar surface area (TPSA) is 30.5 Å². The van der Waals surface area contributed by atoms with Crippen LogP contribution in [0.25, 0.3) is 0 Å². The second-order valence-electron chi connectivity index (χ2n) is 4.81. The molecule has 2 aromatic carbocycles. The zero-order valence-corrected chi connectivity index (χ0v) is 14.2. The third kappa shape index (κ3) is 4.46. The third-order valence-corrected chi connectivity index (χ3v) is 3.67. The molecule has 118 valence electrons. The largest absolute Gasteiger partial charge is 0.493 e. The number of rotatable bonds is 7. The average Bonchev–Trinajstić information content (AvgIpc) is 2.54. The number of halogens is 2. The molecule has 0 aliphatic carbocycles. The Balaban J connectivity index is 2.08. The van der Waals surface area contributed by atoms with E-state index in [-0.39, 0.29) is 0 Å². The van der Waals surface area contributed by atoms with E-state index in [1.54, 1.807) is 25.3 Å². The van der Waals surface area contributed by atoms with Crippen molar-refractivity contribution in [3.05, 3.63) is 52.0 Å². The molecule has 0 aliphatic rings. The van der Waals surface area contributed by atoms with E-state index in [2.05, 4.69) is 12.2 Å². The van der Waals surface area contributed by atoms with Gasteiger partial charge in [-0.05, 0) is 42.3 Å². The fourth-order valence-electron chi connectivity index (χ4n) is 1.98. The van der Waals surface area contributed by atoms with Crippen LogP contribution >= 0.6 is 23.2 Å². The van der Waals surface area contributed by atoms with Gasteiger partial charge in [0.05, 0.1) is 24.4 Å². The lowest BCUT2D eigenvalue weighted by atomic mass is 10.2. The van der Waals surface area contributed by atoms with Gasteiger partial charge in [-0.3, -0.25) is 0 Å². The van der Waals surface area contributed by atoms with Crippen LogP contribution in [0.1, 0.15) is 18.9 Å². The van der Waals surface area contributed by atoms with Crippen LogP contribution in [0.3, 0.4) is 0 Å². The normalized spacial score (nSPS) is 10.4. The minimum Gasteiger partial charge on any atom is -0.493 e. The molecule has 0 atom stereocenters. The molecule has 0 amide bonds. The standard InChI is InChI=1S/C17H19Cl2NO2/c1-3-8-22-16-7-4-12(9-17(16)21-2)11-20-15-10-13(18)5-6-14(15)19/h4-7,9-10,20H,3,8,11H2,1-2H3. The van der Waals surface area contributed by atoms with E-state index in [0.29, 0.717) is 23.2 Å². The molecule has 0 heterocycles. The van der Waals surface area contributed by atoms with Gasteiger partial charge in [0.1, 0.15) is 0 Å². The average molecular weight is 340 g/mol. The van der Waals surface area contributed by atoms with Gasteiger partial charge in [0.25, 0.3) is 0 Å². The summed E-state index contributed by atoms with van der Waals surface area (Å²) in [5, 5.41) is 4.56. The zero-order valence-electron chi connectivity index (χ0n) is 12.7. The Morgan fingerprint density at radius 2 is 1.86 bits per heavy atom. The molecule has 0 radical (unpaired) electrons. The van der Waals surface area contributed by atoms with Crippen LogP contribution < -0.4 is 14.8 Å². The predicted octanol–water partition coefficient (Wildman–Crippen LogP) is 5.40. The molecular weight excluding hydrogens is 321 g/mol. The van der Waals surface area contributed by atoms with E-state index >= 15 is 0 Å². The van der Waals surface area contributed by atoms with E-state index in [4.69, 9.17) is 32.7 Å². The van der Waals surface area contributed by atoms with E-state index in [9.17, 15) is 0 Å². The van der Waals surface area contributed by atoms with Gasteiger partial charge < -0.3 is 14.8 Å². The monoisotopic (exact) mass is 339 g/mol. The fraction of sp³-hybridized carbons (Fsp3) is 0.294. The molecule has 0 spiro atoms. The van der Waals surface area contributed by atoms with Crippen molar-refractivity contribution in [2.24, 2.45) is 0 Å². The van der Waals surface area contributed by atoms with Crippen LogP contribution in [0.15, 0.2) is 36.4 Å². The van der Waals surface area contributed by atoms with Crippen molar-refractivity contribution >= 4 is 28.9 Å². The zero-order chi connectivity index (χ0) is 15.9. The van der Waals surface area contributed by atoms with Gasteiger partial charge in [-0.15, -0.1) is 0 Å². The van der Waals surface area contributed by atoms with Crippen molar-refractivity contribution in [1.29, 1.82) is 0 Å².